The molecule has 2 atom stereocenters. The molecule has 0 aliphatic rings. The van der Waals surface area contributed by atoms with E-state index in [1.54, 1.807) is 0 Å². The van der Waals surface area contributed by atoms with E-state index >= 15 is 0 Å². The van der Waals surface area contributed by atoms with E-state index < -0.39 is 14.6 Å². The van der Waals surface area contributed by atoms with Crippen molar-refractivity contribution in [3.63, 3.8) is 0 Å². The summed E-state index contributed by atoms with van der Waals surface area (Å²) in [5.74, 6) is 1.32. The fourth-order valence-corrected chi connectivity index (χ4v) is 6.72. The fourth-order valence-electron chi connectivity index (χ4n) is 3.77. The minimum atomic E-state index is -2.62. The monoisotopic (exact) mass is 510 g/mol. The third-order valence-corrected chi connectivity index (χ3v) is 11.2. The highest BCUT2D eigenvalue weighted by Crippen LogP contribution is 2.49. The molecule has 2 N–H and O–H groups in total. The molecule has 0 amide bonds. The minimum Gasteiger partial charge on any atom is -0.457 e. The number of fused-ring (bicyclic) bond motifs is 1. The van der Waals surface area contributed by atoms with Crippen molar-refractivity contribution in [1.29, 1.82) is 0 Å². The van der Waals surface area contributed by atoms with Crippen LogP contribution in [0.5, 0.6) is 11.5 Å². The van der Waals surface area contributed by atoms with Crippen LogP contribution in [0, 0.1) is 0 Å². The molecule has 184 valence electrons. The van der Waals surface area contributed by atoms with Gasteiger partial charge >= 0.3 is 0 Å². The van der Waals surface area contributed by atoms with Crippen LogP contribution in [-0.4, -0.2) is 39.5 Å². The van der Waals surface area contributed by atoms with Gasteiger partial charge in [0.2, 0.25) is 7.37 Å². The zero-order chi connectivity index (χ0) is 25.1. The first kappa shape index (κ1) is 25.2. The van der Waals surface area contributed by atoms with Gasteiger partial charge in [-0.1, -0.05) is 62.4 Å². The lowest BCUT2D eigenvalue weighted by Crippen LogP contribution is -2.12. The second kappa shape index (κ2) is 10.4. The van der Waals surface area contributed by atoms with Gasteiger partial charge in [-0.3, -0.25) is 4.57 Å². The number of nitrogens with zero attached hydrogens (tertiary/aromatic N) is 3. The predicted molar refractivity (Wildman–Crippen MR) is 146 cm³/mol. The summed E-state index contributed by atoms with van der Waals surface area (Å²) >= 11 is 0. The van der Waals surface area contributed by atoms with Crippen molar-refractivity contribution in [2.45, 2.75) is 26.8 Å². The van der Waals surface area contributed by atoms with Crippen molar-refractivity contribution in [3.05, 3.63) is 83.9 Å². The minimum absolute atomic E-state index is 0.313. The molecule has 4 aromatic rings. The van der Waals surface area contributed by atoms with E-state index in [1.807, 2.05) is 91.1 Å². The van der Waals surface area contributed by atoms with E-state index in [1.165, 1.54) is 0 Å². The Hall–Kier alpha value is -2.85. The molecule has 35 heavy (non-hydrogen) atoms. The Morgan fingerprint density at radius 3 is 1.94 bits per heavy atom. The Balaban J connectivity index is 1.49. The topological polar surface area (TPSA) is 92.3 Å². The molecule has 0 bridgehead atoms. The predicted octanol–water partition coefficient (Wildman–Crippen LogP) is 6.40. The summed E-state index contributed by atoms with van der Waals surface area (Å²) in [6.45, 7) is 5.82. The van der Waals surface area contributed by atoms with Crippen molar-refractivity contribution in [2.75, 3.05) is 18.5 Å². The fraction of sp³-hybridized carbons (Fsp3) is 0.269. The third kappa shape index (κ3) is 5.38. The van der Waals surface area contributed by atoms with Crippen LogP contribution in [0.25, 0.3) is 11.0 Å². The van der Waals surface area contributed by atoms with E-state index in [0.29, 0.717) is 30.0 Å². The number of para-hydroxylation sites is 1. The summed E-state index contributed by atoms with van der Waals surface area (Å²) in [4.78, 5) is 0. The van der Waals surface area contributed by atoms with Crippen LogP contribution in [0.1, 0.15) is 37.9 Å². The summed E-state index contributed by atoms with van der Waals surface area (Å²) < 4.78 is 26.6. The maximum Gasteiger partial charge on any atom is 0.247 e. The summed E-state index contributed by atoms with van der Waals surface area (Å²) in [6, 6.07) is 22.8. The molecule has 1 aromatic heterocycles. The Morgan fingerprint density at radius 1 is 0.857 bits per heavy atom. The molecular weight excluding hydrogens is 478 g/mol. The number of hydrogen-bond acceptors (Lipinski definition) is 6. The molecule has 0 radical (unpaired) electrons. The Labute approximate surface area is 206 Å². The third-order valence-electron chi connectivity index (χ3n) is 6.16. The number of hydrogen-bond donors (Lipinski definition) is 1. The van der Waals surface area contributed by atoms with Gasteiger partial charge in [0.1, 0.15) is 17.0 Å². The Kier molecular flexibility index (Phi) is 7.51. The molecule has 2 unspecified atom stereocenters. The van der Waals surface area contributed by atoms with Gasteiger partial charge in [0.05, 0.1) is 11.6 Å². The van der Waals surface area contributed by atoms with Crippen LogP contribution in [0.4, 0.5) is 0 Å². The molecule has 4 rings (SSSR count). The second-order valence-electron chi connectivity index (χ2n) is 8.38. The van der Waals surface area contributed by atoms with Crippen LogP contribution in [0.3, 0.4) is 0 Å². The molecule has 0 saturated carbocycles. The van der Waals surface area contributed by atoms with Gasteiger partial charge in [-0.25, -0.2) is 0 Å². The van der Waals surface area contributed by atoms with Gasteiger partial charge in [-0.2, -0.15) is 4.45 Å². The quantitative estimate of drug-likeness (QED) is 0.248. The lowest BCUT2D eigenvalue weighted by atomic mass is 9.99. The number of nitrogens with two attached hydrogens (primary N) is 1. The van der Waals surface area contributed by atoms with Crippen LogP contribution in [-0.2, 0) is 4.57 Å². The van der Waals surface area contributed by atoms with Gasteiger partial charge in [0.15, 0.2) is 7.26 Å². The maximum absolute atomic E-state index is 12.6. The number of aromatic nitrogens is 3. The van der Waals surface area contributed by atoms with Gasteiger partial charge in [-0.05, 0) is 53.8 Å². The van der Waals surface area contributed by atoms with E-state index in [4.69, 9.17) is 14.8 Å². The van der Waals surface area contributed by atoms with Crippen molar-refractivity contribution < 1.29 is 13.6 Å². The lowest BCUT2D eigenvalue weighted by Gasteiger charge is -2.24. The van der Waals surface area contributed by atoms with Crippen LogP contribution >= 0.6 is 14.6 Å². The van der Waals surface area contributed by atoms with Crippen LogP contribution in [0.2, 0.25) is 0 Å². The smallest absolute Gasteiger partial charge is 0.247 e. The highest BCUT2D eigenvalue weighted by Gasteiger charge is 2.22. The summed E-state index contributed by atoms with van der Waals surface area (Å²) in [5.41, 5.74) is 10.2. The standard InChI is InChI=1S/C26H32N4O3P2/c1-5-34(4,30-25-11-9-8-10-24(25)28-29-30)32-22-16-12-20(13-17-22)26(27)21-14-18-23(19-15-21)33-35(31,6-2)7-3/h8-19,26H,4-7,27H2,1-3H3. The molecule has 9 heteroatoms. The van der Waals surface area contributed by atoms with Crippen molar-refractivity contribution in [1.82, 2.24) is 14.8 Å². The molecule has 0 spiro atoms. The summed E-state index contributed by atoms with van der Waals surface area (Å²) in [6.07, 6.45) is 6.16. The molecule has 3 aromatic carbocycles. The zero-order valence-electron chi connectivity index (χ0n) is 20.4. The maximum atomic E-state index is 12.6. The number of benzene rings is 3. The highest BCUT2D eigenvalue weighted by atomic mass is 31.2. The van der Waals surface area contributed by atoms with Crippen LogP contribution in [0.15, 0.2) is 72.8 Å². The molecule has 0 aliphatic heterocycles. The SMILES string of the molecule is C=P(CC)(Oc1ccc(C(N)c2ccc(OP(=O)(CC)CC)cc2)cc1)n1nnc2ccccc21. The van der Waals surface area contributed by atoms with Crippen molar-refractivity contribution >= 4 is 32.0 Å². The average molecular weight is 511 g/mol. The van der Waals surface area contributed by atoms with Crippen molar-refractivity contribution in [3.8, 4) is 11.5 Å². The number of rotatable bonds is 10. The molecular formula is C26H32N4O3P2. The average Bonchev–Trinajstić information content (AvgIpc) is 3.34. The van der Waals surface area contributed by atoms with Crippen molar-refractivity contribution in [2.24, 2.45) is 5.73 Å². The molecule has 0 saturated heterocycles. The van der Waals surface area contributed by atoms with Gasteiger partial charge < -0.3 is 14.8 Å². The highest BCUT2D eigenvalue weighted by molar-refractivity contribution is 7.68. The first-order valence-electron chi connectivity index (χ1n) is 11.8. The van der Waals surface area contributed by atoms with Gasteiger partial charge in [0, 0.05) is 18.5 Å². The first-order chi connectivity index (χ1) is 16.8. The van der Waals surface area contributed by atoms with Gasteiger partial charge in [0.25, 0.3) is 0 Å². The van der Waals surface area contributed by atoms with E-state index in [9.17, 15) is 4.57 Å². The molecule has 1 heterocycles. The van der Waals surface area contributed by atoms with Crippen LogP contribution < -0.4 is 14.8 Å². The lowest BCUT2D eigenvalue weighted by molar-refractivity contribution is 0.483. The van der Waals surface area contributed by atoms with E-state index in [0.717, 1.165) is 22.2 Å². The Morgan fingerprint density at radius 2 is 1.40 bits per heavy atom. The molecule has 0 fully saturated rings. The first-order valence-corrected chi connectivity index (χ1v) is 15.8. The molecule has 0 aliphatic carbocycles. The summed E-state index contributed by atoms with van der Waals surface area (Å²) in [5, 5.41) is 8.60. The normalized spacial score (nSPS) is 14.4. The zero-order valence-corrected chi connectivity index (χ0v) is 22.2. The van der Waals surface area contributed by atoms with E-state index in [-0.39, 0.29) is 6.04 Å². The second-order valence-corrected chi connectivity index (χ2v) is 14.3. The van der Waals surface area contributed by atoms with E-state index in [2.05, 4.69) is 23.5 Å². The largest absolute Gasteiger partial charge is 0.457 e. The Bertz CT molecular complexity index is 1380. The summed E-state index contributed by atoms with van der Waals surface area (Å²) in [7, 11) is -4.94. The molecule has 7 nitrogen and oxygen atoms in total. The van der Waals surface area contributed by atoms with Gasteiger partial charge in [-0.15, -0.1) is 5.10 Å².